The number of carbonyl (C=O) groups is 1. The molecule has 9 nitrogen and oxygen atoms in total. The van der Waals surface area contributed by atoms with E-state index in [0.29, 0.717) is 35.4 Å². The van der Waals surface area contributed by atoms with Gasteiger partial charge in [-0.05, 0) is 41.8 Å². The lowest BCUT2D eigenvalue weighted by molar-refractivity contribution is -0.137. The van der Waals surface area contributed by atoms with Crippen molar-refractivity contribution in [3.63, 3.8) is 0 Å². The number of alkyl halides is 3. The van der Waals surface area contributed by atoms with Gasteiger partial charge in [0.1, 0.15) is 5.82 Å². The van der Waals surface area contributed by atoms with E-state index in [1.807, 2.05) is 6.92 Å². The summed E-state index contributed by atoms with van der Waals surface area (Å²) in [5.41, 5.74) is -0.581. The highest BCUT2D eigenvalue weighted by Crippen LogP contribution is 2.35. The molecule has 4 aromatic rings. The lowest BCUT2D eigenvalue weighted by Gasteiger charge is -2.14. The molecule has 0 radical (unpaired) electrons. The average Bonchev–Trinajstić information content (AvgIpc) is 3.25. The first-order chi connectivity index (χ1) is 19.8. The van der Waals surface area contributed by atoms with Crippen molar-refractivity contribution >= 4 is 21.6 Å². The number of aryl methyl sites for hydroxylation is 1. The molecule has 0 fully saturated rings. The molecule has 222 valence electrons. The fourth-order valence-electron chi connectivity index (χ4n) is 4.47. The van der Waals surface area contributed by atoms with E-state index in [2.05, 4.69) is 10.4 Å². The highest BCUT2D eigenvalue weighted by molar-refractivity contribution is 7.89. The molecule has 0 atom stereocenters. The van der Waals surface area contributed by atoms with Gasteiger partial charge in [-0.3, -0.25) is 9.36 Å². The first kappa shape index (κ1) is 30.7. The summed E-state index contributed by atoms with van der Waals surface area (Å²) in [6, 6.07) is 16.1. The Morgan fingerprint density at radius 3 is 2.33 bits per heavy atom. The van der Waals surface area contributed by atoms with E-state index in [4.69, 9.17) is 5.14 Å². The van der Waals surface area contributed by atoms with Crippen molar-refractivity contribution in [3.8, 4) is 16.8 Å². The first-order valence-electron chi connectivity index (χ1n) is 13.2. The normalized spacial score (nSPS) is 12.0. The summed E-state index contributed by atoms with van der Waals surface area (Å²) in [7, 11) is -3.97. The number of nitrogens with zero attached hydrogens (tertiary/aromatic N) is 3. The van der Waals surface area contributed by atoms with Crippen LogP contribution in [0.1, 0.15) is 50.1 Å². The fourth-order valence-corrected chi connectivity index (χ4v) is 5.23. The molecular weight excluding hydrogens is 571 g/mol. The molecule has 13 heteroatoms. The molecule has 0 saturated carbocycles. The summed E-state index contributed by atoms with van der Waals surface area (Å²) in [6.07, 6.45) is -2.88. The number of halogens is 3. The zero-order valence-electron chi connectivity index (χ0n) is 23.0. The van der Waals surface area contributed by atoms with Crippen molar-refractivity contribution in [2.24, 2.45) is 5.14 Å². The number of amides is 1. The summed E-state index contributed by atoms with van der Waals surface area (Å²) in [4.78, 5) is 25.4. The van der Waals surface area contributed by atoms with E-state index in [-0.39, 0.29) is 23.5 Å². The fraction of sp³-hybridized carbons (Fsp3) is 0.276. The minimum Gasteiger partial charge on any atom is -0.326 e. The average molecular weight is 602 g/mol. The largest absolute Gasteiger partial charge is 0.418 e. The monoisotopic (exact) mass is 601 g/mol. The maximum atomic E-state index is 14.0. The Labute approximate surface area is 240 Å². The zero-order valence-corrected chi connectivity index (χ0v) is 23.8. The number of nitrogens with two attached hydrogens (primary N) is 1. The summed E-state index contributed by atoms with van der Waals surface area (Å²) in [5, 5.41) is 12.2. The van der Waals surface area contributed by atoms with E-state index in [0.717, 1.165) is 29.3 Å². The molecule has 0 unspecified atom stereocenters. The number of nitrogens with one attached hydrogen (secondary N) is 1. The minimum absolute atomic E-state index is 0.0165. The number of anilines is 1. The van der Waals surface area contributed by atoms with Crippen LogP contribution in [0, 0.1) is 0 Å². The highest BCUT2D eigenvalue weighted by Gasteiger charge is 2.35. The zero-order chi connectivity index (χ0) is 30.7. The number of sulfonamides is 1. The Bertz CT molecular complexity index is 1760. The molecule has 4 rings (SSSR count). The molecular formula is C29H30F3N5O4S. The van der Waals surface area contributed by atoms with Crippen LogP contribution < -0.4 is 16.1 Å². The van der Waals surface area contributed by atoms with Crippen LogP contribution >= 0.6 is 0 Å². The van der Waals surface area contributed by atoms with E-state index >= 15 is 0 Å². The lowest BCUT2D eigenvalue weighted by atomic mass is 10.0. The van der Waals surface area contributed by atoms with Gasteiger partial charge in [-0.25, -0.2) is 18.4 Å². The second-order valence-electron chi connectivity index (χ2n) is 9.67. The maximum Gasteiger partial charge on any atom is 0.418 e. The Morgan fingerprint density at radius 1 is 1.02 bits per heavy atom. The SMILES string of the molecule is CCCCc1nn(-c2cc(NC(=O)CC)ccc2C(F)(F)F)c(=O)n1Cc1ccc(-c2ccccc2S(N)(=O)=O)cc1. The first-order valence-corrected chi connectivity index (χ1v) is 14.8. The van der Waals surface area contributed by atoms with Crippen LogP contribution in [0.25, 0.3) is 16.8 Å². The smallest absolute Gasteiger partial charge is 0.326 e. The molecule has 0 aliphatic carbocycles. The number of hydrogen-bond donors (Lipinski definition) is 2. The van der Waals surface area contributed by atoms with E-state index in [9.17, 15) is 31.2 Å². The number of benzene rings is 3. The predicted molar refractivity (Wildman–Crippen MR) is 153 cm³/mol. The van der Waals surface area contributed by atoms with Crippen LogP contribution in [-0.2, 0) is 34.0 Å². The number of aromatic nitrogens is 3. The molecule has 0 aliphatic rings. The quantitative estimate of drug-likeness (QED) is 0.261. The van der Waals surface area contributed by atoms with Crippen LogP contribution in [0.4, 0.5) is 18.9 Å². The molecule has 3 N–H and O–H groups in total. The van der Waals surface area contributed by atoms with Gasteiger partial charge in [0.05, 0.1) is 22.7 Å². The van der Waals surface area contributed by atoms with Gasteiger partial charge in [-0.1, -0.05) is 62.7 Å². The summed E-state index contributed by atoms with van der Waals surface area (Å²) >= 11 is 0. The molecule has 0 bridgehead atoms. The van der Waals surface area contributed by atoms with Crippen LogP contribution in [-0.4, -0.2) is 28.7 Å². The second kappa shape index (κ2) is 12.3. The van der Waals surface area contributed by atoms with Gasteiger partial charge in [0.25, 0.3) is 0 Å². The molecule has 0 saturated heterocycles. The number of hydrogen-bond acceptors (Lipinski definition) is 5. The van der Waals surface area contributed by atoms with Crippen molar-refractivity contribution in [1.82, 2.24) is 14.3 Å². The molecule has 42 heavy (non-hydrogen) atoms. The van der Waals surface area contributed by atoms with Crippen molar-refractivity contribution < 1.29 is 26.4 Å². The van der Waals surface area contributed by atoms with Gasteiger partial charge in [-0.2, -0.15) is 17.9 Å². The molecule has 1 heterocycles. The van der Waals surface area contributed by atoms with Crippen LogP contribution in [0.2, 0.25) is 0 Å². The van der Waals surface area contributed by atoms with Crippen LogP contribution in [0.3, 0.4) is 0 Å². The van der Waals surface area contributed by atoms with Crippen molar-refractivity contribution in [1.29, 1.82) is 0 Å². The van der Waals surface area contributed by atoms with Gasteiger partial charge in [0.2, 0.25) is 15.9 Å². The second-order valence-corrected chi connectivity index (χ2v) is 11.2. The summed E-state index contributed by atoms with van der Waals surface area (Å²) in [5.74, 6) is -0.0843. The van der Waals surface area contributed by atoms with E-state index in [1.54, 1.807) is 49.4 Å². The number of carbonyl (C=O) groups excluding carboxylic acids is 1. The Balaban J connectivity index is 1.77. The number of primary sulfonamides is 1. The number of unbranched alkanes of at least 4 members (excludes halogenated alkanes) is 1. The third kappa shape index (κ3) is 6.80. The molecule has 1 amide bonds. The summed E-state index contributed by atoms with van der Waals surface area (Å²) < 4.78 is 68.0. The van der Waals surface area contributed by atoms with Crippen LogP contribution in [0.15, 0.2) is 76.4 Å². The third-order valence-corrected chi connectivity index (χ3v) is 7.60. The van der Waals surface area contributed by atoms with Crippen molar-refractivity contribution in [2.45, 2.75) is 57.1 Å². The molecule has 3 aromatic carbocycles. The third-order valence-electron chi connectivity index (χ3n) is 6.63. The highest BCUT2D eigenvalue weighted by atomic mass is 32.2. The van der Waals surface area contributed by atoms with Crippen molar-refractivity contribution in [3.05, 3.63) is 94.2 Å². The number of rotatable bonds is 10. The maximum absolute atomic E-state index is 14.0. The van der Waals surface area contributed by atoms with Gasteiger partial charge in [0, 0.05) is 24.1 Å². The molecule has 1 aromatic heterocycles. The lowest BCUT2D eigenvalue weighted by Crippen LogP contribution is -2.27. The predicted octanol–water partition coefficient (Wildman–Crippen LogP) is 5.11. The van der Waals surface area contributed by atoms with Gasteiger partial charge >= 0.3 is 11.9 Å². The Morgan fingerprint density at radius 2 is 1.71 bits per heavy atom. The Hall–Kier alpha value is -4.23. The van der Waals surface area contributed by atoms with E-state index in [1.165, 1.54) is 10.6 Å². The molecule has 0 aliphatic heterocycles. The van der Waals surface area contributed by atoms with Gasteiger partial charge in [-0.15, -0.1) is 5.10 Å². The summed E-state index contributed by atoms with van der Waals surface area (Å²) in [6.45, 7) is 3.57. The van der Waals surface area contributed by atoms with E-state index < -0.39 is 39.0 Å². The molecule has 0 spiro atoms. The topological polar surface area (TPSA) is 129 Å². The standard InChI is InChI=1S/C29H30F3N5O4S/c1-3-5-10-26-35-37(24-17-21(34-27(38)4-2)15-16-23(24)29(30,31)32)28(39)36(26)18-19-11-13-20(14-12-19)22-8-6-7-9-25(22)42(33,40)41/h6-9,11-17H,3-5,10,18H2,1-2H3,(H,34,38)(H2,33,40,41). The van der Waals surface area contributed by atoms with Crippen LogP contribution in [0.5, 0.6) is 0 Å². The minimum atomic E-state index is -4.78. The Kier molecular flexibility index (Phi) is 9.02. The van der Waals surface area contributed by atoms with Crippen molar-refractivity contribution in [2.75, 3.05) is 5.32 Å². The van der Waals surface area contributed by atoms with Gasteiger partial charge in [0.15, 0.2) is 0 Å². The van der Waals surface area contributed by atoms with Gasteiger partial charge < -0.3 is 5.32 Å².